The van der Waals surface area contributed by atoms with Crippen LogP contribution in [0.25, 0.3) is 0 Å². The molecule has 3 rings (SSSR count). The van der Waals surface area contributed by atoms with Crippen molar-refractivity contribution in [3.63, 3.8) is 0 Å². The zero-order valence-electron chi connectivity index (χ0n) is 13.8. The van der Waals surface area contributed by atoms with Gasteiger partial charge in [0.05, 0.1) is 12.7 Å². The summed E-state index contributed by atoms with van der Waals surface area (Å²) >= 11 is 0. The Bertz CT molecular complexity index is 549. The Kier molecular flexibility index (Phi) is 5.06. The summed E-state index contributed by atoms with van der Waals surface area (Å²) < 4.78 is 10.9. The lowest BCUT2D eigenvalue weighted by atomic mass is 9.78. The minimum Gasteiger partial charge on any atom is -0.497 e. The average molecular weight is 318 g/mol. The van der Waals surface area contributed by atoms with E-state index in [1.165, 1.54) is 25.7 Å². The van der Waals surface area contributed by atoms with Crippen LogP contribution in [0, 0.1) is 11.8 Å². The predicted molar refractivity (Wildman–Crippen MR) is 88.9 cm³/mol. The standard InChI is InChI=1S/C18H26N2O3/c1-22-15-5-6-16(17(10-15)23-8-7-19)18(21)20-11-13-3-2-4-14(9-13)12-20/h5-6,10,13-14H,2-4,7-9,11-12,19H2,1H3. The molecule has 1 heterocycles. The highest BCUT2D eigenvalue weighted by Crippen LogP contribution is 2.36. The molecule has 1 saturated heterocycles. The summed E-state index contributed by atoms with van der Waals surface area (Å²) in [4.78, 5) is 15.0. The van der Waals surface area contributed by atoms with E-state index in [1.807, 2.05) is 11.0 Å². The van der Waals surface area contributed by atoms with E-state index in [4.69, 9.17) is 15.2 Å². The number of hydrogen-bond donors (Lipinski definition) is 1. The summed E-state index contributed by atoms with van der Waals surface area (Å²) in [5.74, 6) is 2.65. The maximum atomic E-state index is 13.0. The Labute approximate surface area is 137 Å². The SMILES string of the molecule is COc1ccc(C(=O)N2CC3CCCC(C3)C2)c(OCCN)c1. The fourth-order valence-electron chi connectivity index (χ4n) is 3.86. The highest BCUT2D eigenvalue weighted by atomic mass is 16.5. The predicted octanol–water partition coefficient (Wildman–Crippen LogP) is 2.29. The molecule has 2 fully saturated rings. The molecule has 1 amide bonds. The molecule has 2 bridgehead atoms. The molecule has 5 nitrogen and oxygen atoms in total. The number of carbonyl (C=O) groups is 1. The molecule has 2 unspecified atom stereocenters. The minimum absolute atomic E-state index is 0.0660. The van der Waals surface area contributed by atoms with E-state index in [9.17, 15) is 4.79 Å². The second kappa shape index (κ2) is 7.21. The molecular weight excluding hydrogens is 292 g/mol. The highest BCUT2D eigenvalue weighted by Gasteiger charge is 2.33. The molecule has 1 aliphatic heterocycles. The fraction of sp³-hybridized carbons (Fsp3) is 0.611. The van der Waals surface area contributed by atoms with Gasteiger partial charge in [-0.2, -0.15) is 0 Å². The molecule has 1 aromatic rings. The van der Waals surface area contributed by atoms with Gasteiger partial charge in [0.15, 0.2) is 0 Å². The molecule has 126 valence electrons. The summed E-state index contributed by atoms with van der Waals surface area (Å²) in [7, 11) is 1.61. The van der Waals surface area contributed by atoms with E-state index >= 15 is 0 Å². The molecule has 1 aromatic carbocycles. The van der Waals surface area contributed by atoms with Crippen LogP contribution in [0.15, 0.2) is 18.2 Å². The quantitative estimate of drug-likeness (QED) is 0.905. The van der Waals surface area contributed by atoms with Crippen LogP contribution in [-0.2, 0) is 0 Å². The average Bonchev–Trinajstić information content (AvgIpc) is 2.58. The van der Waals surface area contributed by atoms with Crippen molar-refractivity contribution < 1.29 is 14.3 Å². The number of likely N-dealkylation sites (tertiary alicyclic amines) is 1. The van der Waals surface area contributed by atoms with Gasteiger partial charge < -0.3 is 20.1 Å². The van der Waals surface area contributed by atoms with Crippen molar-refractivity contribution in [1.29, 1.82) is 0 Å². The van der Waals surface area contributed by atoms with Crippen molar-refractivity contribution >= 4 is 5.91 Å². The second-order valence-electron chi connectivity index (χ2n) is 6.61. The van der Waals surface area contributed by atoms with E-state index in [1.54, 1.807) is 19.2 Å². The van der Waals surface area contributed by atoms with Gasteiger partial charge in [0.1, 0.15) is 18.1 Å². The molecule has 23 heavy (non-hydrogen) atoms. The zero-order valence-corrected chi connectivity index (χ0v) is 13.8. The molecule has 0 spiro atoms. The largest absolute Gasteiger partial charge is 0.497 e. The van der Waals surface area contributed by atoms with Gasteiger partial charge in [0.2, 0.25) is 0 Å². The lowest BCUT2D eigenvalue weighted by Gasteiger charge is -2.41. The number of rotatable bonds is 5. The monoisotopic (exact) mass is 318 g/mol. The number of hydrogen-bond acceptors (Lipinski definition) is 4. The Hall–Kier alpha value is -1.75. The summed E-state index contributed by atoms with van der Waals surface area (Å²) in [6.07, 6.45) is 5.09. The molecule has 1 aliphatic carbocycles. The highest BCUT2D eigenvalue weighted by molar-refractivity contribution is 5.97. The molecule has 2 atom stereocenters. The Morgan fingerprint density at radius 3 is 2.70 bits per heavy atom. The van der Waals surface area contributed by atoms with Gasteiger partial charge in [-0.1, -0.05) is 6.42 Å². The Balaban J connectivity index is 1.80. The van der Waals surface area contributed by atoms with Gasteiger partial charge in [-0.3, -0.25) is 4.79 Å². The Morgan fingerprint density at radius 1 is 1.30 bits per heavy atom. The smallest absolute Gasteiger partial charge is 0.257 e. The number of nitrogens with two attached hydrogens (primary N) is 1. The van der Waals surface area contributed by atoms with Crippen LogP contribution < -0.4 is 15.2 Å². The molecule has 0 radical (unpaired) electrons. The van der Waals surface area contributed by atoms with E-state index in [0.717, 1.165) is 13.1 Å². The van der Waals surface area contributed by atoms with Gasteiger partial charge in [0, 0.05) is 25.7 Å². The molecule has 0 aromatic heterocycles. The third kappa shape index (κ3) is 3.61. The van der Waals surface area contributed by atoms with Crippen molar-refractivity contribution in [2.45, 2.75) is 25.7 Å². The van der Waals surface area contributed by atoms with Crippen LogP contribution in [0.5, 0.6) is 11.5 Å². The summed E-state index contributed by atoms with van der Waals surface area (Å²) in [6.45, 7) is 2.55. The fourth-order valence-corrected chi connectivity index (χ4v) is 3.86. The van der Waals surface area contributed by atoms with Crippen LogP contribution >= 0.6 is 0 Å². The molecule has 2 aliphatic rings. The van der Waals surface area contributed by atoms with E-state index in [0.29, 0.717) is 42.0 Å². The van der Waals surface area contributed by atoms with Gasteiger partial charge in [0.25, 0.3) is 5.91 Å². The van der Waals surface area contributed by atoms with E-state index in [-0.39, 0.29) is 5.91 Å². The maximum absolute atomic E-state index is 13.0. The lowest BCUT2D eigenvalue weighted by molar-refractivity contribution is 0.0500. The normalized spacial score (nSPS) is 23.5. The number of amides is 1. The van der Waals surface area contributed by atoms with Gasteiger partial charge in [-0.05, 0) is 43.2 Å². The van der Waals surface area contributed by atoms with Crippen molar-refractivity contribution in [2.24, 2.45) is 17.6 Å². The lowest BCUT2D eigenvalue weighted by Crippen LogP contribution is -2.45. The number of fused-ring (bicyclic) bond motifs is 2. The topological polar surface area (TPSA) is 64.8 Å². The molecule has 1 saturated carbocycles. The van der Waals surface area contributed by atoms with Crippen molar-refractivity contribution in [3.05, 3.63) is 23.8 Å². The maximum Gasteiger partial charge on any atom is 0.257 e. The zero-order chi connectivity index (χ0) is 16.2. The van der Waals surface area contributed by atoms with Crippen LogP contribution in [0.3, 0.4) is 0 Å². The van der Waals surface area contributed by atoms with Crippen molar-refractivity contribution in [2.75, 3.05) is 33.4 Å². The van der Waals surface area contributed by atoms with Crippen molar-refractivity contribution in [3.8, 4) is 11.5 Å². The number of piperidine rings is 1. The first-order valence-corrected chi connectivity index (χ1v) is 8.51. The Morgan fingerprint density at radius 2 is 2.04 bits per heavy atom. The van der Waals surface area contributed by atoms with E-state index in [2.05, 4.69) is 0 Å². The summed E-state index contributed by atoms with van der Waals surface area (Å²) in [5.41, 5.74) is 6.14. The number of methoxy groups -OCH3 is 1. The first-order chi connectivity index (χ1) is 11.2. The van der Waals surface area contributed by atoms with Gasteiger partial charge >= 0.3 is 0 Å². The van der Waals surface area contributed by atoms with Gasteiger partial charge in [-0.15, -0.1) is 0 Å². The third-order valence-corrected chi connectivity index (χ3v) is 4.93. The van der Waals surface area contributed by atoms with Crippen LogP contribution in [0.2, 0.25) is 0 Å². The number of nitrogens with zero attached hydrogens (tertiary/aromatic N) is 1. The molecule has 5 heteroatoms. The number of ether oxygens (including phenoxy) is 2. The molecule has 2 N–H and O–H groups in total. The van der Waals surface area contributed by atoms with E-state index < -0.39 is 0 Å². The third-order valence-electron chi connectivity index (χ3n) is 4.93. The van der Waals surface area contributed by atoms with Crippen LogP contribution in [-0.4, -0.2) is 44.2 Å². The minimum atomic E-state index is 0.0660. The number of benzene rings is 1. The molecular formula is C18H26N2O3. The second-order valence-corrected chi connectivity index (χ2v) is 6.61. The summed E-state index contributed by atoms with van der Waals surface area (Å²) in [6, 6.07) is 5.39. The van der Waals surface area contributed by atoms with Crippen LogP contribution in [0.1, 0.15) is 36.0 Å². The van der Waals surface area contributed by atoms with Gasteiger partial charge in [-0.25, -0.2) is 0 Å². The first kappa shape index (κ1) is 16.1. The van der Waals surface area contributed by atoms with Crippen LogP contribution in [0.4, 0.5) is 0 Å². The first-order valence-electron chi connectivity index (χ1n) is 8.51. The number of carbonyl (C=O) groups excluding carboxylic acids is 1. The summed E-state index contributed by atoms with van der Waals surface area (Å²) in [5, 5.41) is 0. The van der Waals surface area contributed by atoms with Crippen molar-refractivity contribution in [1.82, 2.24) is 4.90 Å².